The van der Waals surface area contributed by atoms with Crippen molar-refractivity contribution < 1.29 is 0 Å². The van der Waals surface area contributed by atoms with Gasteiger partial charge >= 0.3 is 0 Å². The number of rotatable bonds is 0. The second kappa shape index (κ2) is 2.26. The summed E-state index contributed by atoms with van der Waals surface area (Å²) in [5, 5.41) is 2.09. The third-order valence-corrected chi connectivity index (χ3v) is 2.08. The molecule has 3 aromatic heterocycles. The number of nitrogens with zero attached hydrogens (tertiary/aromatic N) is 3. The normalized spacial score (nSPS) is 11.1. The second-order valence-corrected chi connectivity index (χ2v) is 2.83. The van der Waals surface area contributed by atoms with Crippen LogP contribution in [0.3, 0.4) is 0 Å². The lowest BCUT2D eigenvalue weighted by atomic mass is 10.3. The average molecular weight is 170 g/mol. The molecule has 0 fully saturated rings. The average Bonchev–Trinajstić information content (AvgIpc) is 2.56. The summed E-state index contributed by atoms with van der Waals surface area (Å²) >= 11 is 0. The Hall–Kier alpha value is -1.97. The van der Waals surface area contributed by atoms with Crippen LogP contribution in [0.1, 0.15) is 0 Å². The van der Waals surface area contributed by atoms with E-state index in [0.29, 0.717) is 0 Å². The predicted molar refractivity (Wildman–Crippen MR) is 49.2 cm³/mol. The highest BCUT2D eigenvalue weighted by atomic mass is 14.9. The molecular formula is C9H6N4. The molecule has 0 spiro atoms. The zero-order valence-corrected chi connectivity index (χ0v) is 6.73. The zero-order valence-electron chi connectivity index (χ0n) is 6.73. The van der Waals surface area contributed by atoms with Crippen LogP contribution in [-0.2, 0) is 0 Å². The van der Waals surface area contributed by atoms with Gasteiger partial charge in [0.05, 0.1) is 5.52 Å². The molecule has 62 valence electrons. The molecule has 3 aromatic rings. The van der Waals surface area contributed by atoms with Crippen molar-refractivity contribution in [2.75, 3.05) is 0 Å². The fourth-order valence-corrected chi connectivity index (χ4v) is 1.47. The number of H-pyrrole nitrogens is 1. The molecule has 4 nitrogen and oxygen atoms in total. The highest BCUT2D eigenvalue weighted by Gasteiger charge is 2.02. The number of aromatic amines is 1. The fraction of sp³-hybridized carbons (Fsp3) is 0. The van der Waals surface area contributed by atoms with Crippen molar-refractivity contribution in [3.8, 4) is 0 Å². The maximum Gasteiger partial charge on any atom is 0.141 e. The van der Waals surface area contributed by atoms with Gasteiger partial charge in [0, 0.05) is 29.4 Å². The van der Waals surface area contributed by atoms with Gasteiger partial charge < -0.3 is 4.98 Å². The molecule has 0 radical (unpaired) electrons. The zero-order chi connectivity index (χ0) is 8.67. The van der Waals surface area contributed by atoms with Crippen LogP contribution in [-0.4, -0.2) is 19.9 Å². The standard InChI is InChI=1S/C9H6N4/c1-2-10-3-6-7-4-11-5-12-9(7)13-8(1)6/h1-5H,(H,11,12,13). The molecule has 4 heteroatoms. The van der Waals surface area contributed by atoms with Crippen LogP contribution < -0.4 is 0 Å². The largest absolute Gasteiger partial charge is 0.339 e. The maximum absolute atomic E-state index is 4.12. The van der Waals surface area contributed by atoms with Gasteiger partial charge in [0.15, 0.2) is 0 Å². The minimum atomic E-state index is 0.859. The molecule has 0 saturated carbocycles. The molecular weight excluding hydrogens is 164 g/mol. The lowest BCUT2D eigenvalue weighted by molar-refractivity contribution is 1.21. The van der Waals surface area contributed by atoms with Crippen LogP contribution in [0.25, 0.3) is 21.9 Å². The van der Waals surface area contributed by atoms with Gasteiger partial charge in [-0.3, -0.25) is 4.98 Å². The first-order valence-electron chi connectivity index (χ1n) is 3.96. The van der Waals surface area contributed by atoms with Crippen LogP contribution in [0.5, 0.6) is 0 Å². The van der Waals surface area contributed by atoms with E-state index in [4.69, 9.17) is 0 Å². The van der Waals surface area contributed by atoms with E-state index in [1.807, 2.05) is 12.3 Å². The van der Waals surface area contributed by atoms with Crippen molar-refractivity contribution in [2.24, 2.45) is 0 Å². The number of hydrogen-bond donors (Lipinski definition) is 1. The second-order valence-electron chi connectivity index (χ2n) is 2.83. The van der Waals surface area contributed by atoms with Crippen molar-refractivity contribution in [3.63, 3.8) is 0 Å². The van der Waals surface area contributed by atoms with E-state index in [1.54, 1.807) is 12.4 Å². The molecule has 13 heavy (non-hydrogen) atoms. The van der Waals surface area contributed by atoms with Crippen LogP contribution in [0.4, 0.5) is 0 Å². The summed E-state index contributed by atoms with van der Waals surface area (Å²) < 4.78 is 0. The highest BCUT2D eigenvalue weighted by Crippen LogP contribution is 2.20. The van der Waals surface area contributed by atoms with E-state index < -0.39 is 0 Å². The Morgan fingerprint density at radius 3 is 3.00 bits per heavy atom. The van der Waals surface area contributed by atoms with Crippen molar-refractivity contribution in [1.82, 2.24) is 19.9 Å². The van der Waals surface area contributed by atoms with Gasteiger partial charge in [-0.1, -0.05) is 0 Å². The summed E-state index contributed by atoms with van der Waals surface area (Å²) in [5.74, 6) is 0. The molecule has 0 aliphatic heterocycles. The van der Waals surface area contributed by atoms with E-state index in [1.165, 1.54) is 6.33 Å². The highest BCUT2D eigenvalue weighted by molar-refractivity contribution is 6.04. The van der Waals surface area contributed by atoms with Crippen LogP contribution in [0, 0.1) is 0 Å². The molecule has 0 unspecified atom stereocenters. The van der Waals surface area contributed by atoms with E-state index in [-0.39, 0.29) is 0 Å². The Bertz CT molecular complexity index is 519. The number of fused-ring (bicyclic) bond motifs is 3. The fourth-order valence-electron chi connectivity index (χ4n) is 1.47. The molecule has 0 aliphatic rings. The summed E-state index contributed by atoms with van der Waals surface area (Å²) in [5.41, 5.74) is 1.91. The molecule has 0 aliphatic carbocycles. The van der Waals surface area contributed by atoms with Gasteiger partial charge in [0.1, 0.15) is 12.0 Å². The van der Waals surface area contributed by atoms with Gasteiger partial charge in [0.25, 0.3) is 0 Å². The monoisotopic (exact) mass is 170 g/mol. The first-order valence-corrected chi connectivity index (χ1v) is 3.96. The molecule has 3 heterocycles. The molecule has 3 rings (SSSR count). The van der Waals surface area contributed by atoms with E-state index in [9.17, 15) is 0 Å². The quantitative estimate of drug-likeness (QED) is 0.556. The smallest absolute Gasteiger partial charge is 0.141 e. The minimum absolute atomic E-state index is 0.859. The van der Waals surface area contributed by atoms with Crippen LogP contribution >= 0.6 is 0 Å². The Kier molecular flexibility index (Phi) is 1.14. The first-order chi connectivity index (χ1) is 6.45. The number of nitrogens with one attached hydrogen (secondary N) is 1. The summed E-state index contributed by atoms with van der Waals surface area (Å²) in [4.78, 5) is 15.3. The summed E-state index contributed by atoms with van der Waals surface area (Å²) in [7, 11) is 0. The summed E-state index contributed by atoms with van der Waals surface area (Å²) in [6, 6.07) is 1.93. The Balaban J connectivity index is 2.64. The molecule has 0 amide bonds. The summed E-state index contributed by atoms with van der Waals surface area (Å²) in [6.45, 7) is 0. The molecule has 0 bridgehead atoms. The van der Waals surface area contributed by atoms with E-state index >= 15 is 0 Å². The topological polar surface area (TPSA) is 54.5 Å². The Morgan fingerprint density at radius 1 is 1.08 bits per heavy atom. The van der Waals surface area contributed by atoms with Crippen LogP contribution in [0.2, 0.25) is 0 Å². The van der Waals surface area contributed by atoms with Gasteiger partial charge in [-0.05, 0) is 6.07 Å². The number of pyridine rings is 1. The van der Waals surface area contributed by atoms with Gasteiger partial charge in [-0.15, -0.1) is 0 Å². The van der Waals surface area contributed by atoms with Gasteiger partial charge in [0.2, 0.25) is 0 Å². The lowest BCUT2D eigenvalue weighted by Gasteiger charge is -1.86. The van der Waals surface area contributed by atoms with Crippen molar-refractivity contribution >= 4 is 21.9 Å². The Morgan fingerprint density at radius 2 is 2.00 bits per heavy atom. The molecule has 0 aromatic carbocycles. The SMILES string of the molecule is c1cc2[nH]c3ncncc3c2cn1. The third kappa shape index (κ3) is 0.823. The predicted octanol–water partition coefficient (Wildman–Crippen LogP) is 1.51. The van der Waals surface area contributed by atoms with E-state index in [0.717, 1.165) is 21.9 Å². The van der Waals surface area contributed by atoms with Gasteiger partial charge in [-0.2, -0.15) is 0 Å². The minimum Gasteiger partial charge on any atom is -0.339 e. The van der Waals surface area contributed by atoms with Crippen molar-refractivity contribution in [1.29, 1.82) is 0 Å². The summed E-state index contributed by atoms with van der Waals surface area (Å²) in [6.07, 6.45) is 6.90. The Labute approximate surface area is 73.7 Å². The van der Waals surface area contributed by atoms with Crippen LogP contribution in [0.15, 0.2) is 31.0 Å². The molecule has 0 saturated heterocycles. The molecule has 1 N–H and O–H groups in total. The lowest BCUT2D eigenvalue weighted by Crippen LogP contribution is -1.76. The number of hydrogen-bond acceptors (Lipinski definition) is 3. The van der Waals surface area contributed by atoms with Gasteiger partial charge in [-0.25, -0.2) is 9.97 Å². The van der Waals surface area contributed by atoms with Crippen molar-refractivity contribution in [2.45, 2.75) is 0 Å². The third-order valence-electron chi connectivity index (χ3n) is 2.08. The molecule has 0 atom stereocenters. The first kappa shape index (κ1) is 6.54. The number of aromatic nitrogens is 4. The van der Waals surface area contributed by atoms with Crippen molar-refractivity contribution in [3.05, 3.63) is 31.0 Å². The maximum atomic E-state index is 4.12. The van der Waals surface area contributed by atoms with E-state index in [2.05, 4.69) is 19.9 Å².